The van der Waals surface area contributed by atoms with Crippen molar-refractivity contribution in [3.63, 3.8) is 0 Å². The van der Waals surface area contributed by atoms with Gasteiger partial charge in [-0.1, -0.05) is 0 Å². The summed E-state index contributed by atoms with van der Waals surface area (Å²) in [5.41, 5.74) is -0.338. The van der Waals surface area contributed by atoms with Gasteiger partial charge in [0.25, 0.3) is 5.91 Å². The lowest BCUT2D eigenvalue weighted by Crippen LogP contribution is -2.16. The molecule has 0 atom stereocenters. The van der Waals surface area contributed by atoms with E-state index >= 15 is 0 Å². The lowest BCUT2D eigenvalue weighted by Gasteiger charge is -2.15. The van der Waals surface area contributed by atoms with Crippen LogP contribution in [0.1, 0.15) is 10.4 Å². The van der Waals surface area contributed by atoms with Crippen LogP contribution in [0.15, 0.2) is 48.8 Å². The number of rotatable bonds is 10. The third kappa shape index (κ3) is 5.54. The molecule has 1 amide bonds. The molecule has 0 saturated carbocycles. The van der Waals surface area contributed by atoms with Crippen molar-refractivity contribution >= 4 is 22.5 Å². The first-order valence-corrected chi connectivity index (χ1v) is 11.3. The minimum Gasteiger partial charge on any atom is -0.496 e. The monoisotopic (exact) mass is 528 g/mol. The van der Waals surface area contributed by atoms with E-state index in [1.165, 1.54) is 32.5 Å². The number of nitrogens with one attached hydrogen (secondary N) is 2. The molecule has 0 radical (unpaired) electrons. The van der Waals surface area contributed by atoms with E-state index in [2.05, 4.69) is 20.6 Å². The van der Waals surface area contributed by atoms with Gasteiger partial charge in [0.1, 0.15) is 23.7 Å². The number of hydrogen-bond donors (Lipinski definition) is 2. The van der Waals surface area contributed by atoms with E-state index in [9.17, 15) is 18.0 Å². The zero-order valence-electron chi connectivity index (χ0n) is 20.6. The second-order valence-corrected chi connectivity index (χ2v) is 7.79. The number of methoxy groups -OCH3 is 2. The lowest BCUT2D eigenvalue weighted by molar-refractivity contribution is 0.101. The Labute approximate surface area is 215 Å². The van der Waals surface area contributed by atoms with E-state index in [4.69, 9.17) is 18.9 Å². The number of anilines is 1. The molecule has 4 aromatic rings. The maximum Gasteiger partial charge on any atom is 0.264 e. The van der Waals surface area contributed by atoms with E-state index < -0.39 is 34.8 Å². The van der Waals surface area contributed by atoms with Crippen molar-refractivity contribution in [2.75, 3.05) is 39.7 Å². The zero-order valence-corrected chi connectivity index (χ0v) is 20.6. The van der Waals surface area contributed by atoms with Gasteiger partial charge in [0.15, 0.2) is 28.9 Å². The highest BCUT2D eigenvalue weighted by Crippen LogP contribution is 2.38. The number of likely N-dealkylation sites (N-methyl/N-ethyl adjacent to an activating group) is 1. The summed E-state index contributed by atoms with van der Waals surface area (Å²) in [5.74, 6) is -4.20. The van der Waals surface area contributed by atoms with Crippen molar-refractivity contribution < 1.29 is 36.9 Å². The van der Waals surface area contributed by atoms with Crippen LogP contribution in [-0.4, -0.2) is 50.3 Å². The first-order chi connectivity index (χ1) is 18.4. The summed E-state index contributed by atoms with van der Waals surface area (Å²) in [6, 6.07) is 7.63. The van der Waals surface area contributed by atoms with Crippen LogP contribution in [0.25, 0.3) is 10.9 Å². The number of aromatic nitrogens is 2. The number of amides is 1. The fourth-order valence-electron chi connectivity index (χ4n) is 3.58. The van der Waals surface area contributed by atoms with Crippen molar-refractivity contribution in [3.05, 3.63) is 71.9 Å². The molecule has 38 heavy (non-hydrogen) atoms. The van der Waals surface area contributed by atoms with Gasteiger partial charge >= 0.3 is 0 Å². The van der Waals surface area contributed by atoms with Gasteiger partial charge in [0.05, 0.1) is 19.7 Å². The Morgan fingerprint density at radius 2 is 1.58 bits per heavy atom. The molecule has 2 heterocycles. The molecule has 4 rings (SSSR count). The first kappa shape index (κ1) is 26.5. The van der Waals surface area contributed by atoms with E-state index in [1.807, 2.05) is 0 Å². The van der Waals surface area contributed by atoms with Crippen LogP contribution in [0, 0.1) is 17.6 Å². The maximum atomic E-state index is 15.0. The highest BCUT2D eigenvalue weighted by Gasteiger charge is 2.22. The SMILES string of the molecule is CNCCOc1cc2nccc(Oc3c(F)cc(NC(=O)c4c(OC)ccnc4F)cc3F)c2cc1OC. The standard InChI is InChI=1S/C26H23F3N4O5/c1-30-8-9-37-22-13-18-15(12-21(22)36-3)19(4-6-31-18)38-24-16(27)10-14(11-17(24)28)33-26(34)23-20(35-2)5-7-32-25(23)29/h4-7,10-13,30H,8-9H2,1-3H3,(H,33,34). The molecule has 0 bridgehead atoms. The number of ether oxygens (including phenoxy) is 4. The van der Waals surface area contributed by atoms with E-state index in [0.29, 0.717) is 35.6 Å². The van der Waals surface area contributed by atoms with Gasteiger partial charge in [-0.15, -0.1) is 0 Å². The van der Waals surface area contributed by atoms with Crippen LogP contribution in [0.5, 0.6) is 28.7 Å². The van der Waals surface area contributed by atoms with E-state index in [0.717, 1.165) is 18.3 Å². The summed E-state index contributed by atoms with van der Waals surface area (Å²) in [5, 5.41) is 5.63. The van der Waals surface area contributed by atoms with Crippen molar-refractivity contribution in [3.8, 4) is 28.7 Å². The summed E-state index contributed by atoms with van der Waals surface area (Å²) in [6.07, 6.45) is 2.54. The molecule has 0 unspecified atom stereocenters. The second kappa shape index (κ2) is 11.6. The number of hydrogen-bond acceptors (Lipinski definition) is 8. The summed E-state index contributed by atoms with van der Waals surface area (Å²) in [7, 11) is 4.50. The molecule has 0 saturated heterocycles. The number of halogens is 3. The van der Waals surface area contributed by atoms with Gasteiger partial charge in [-0.05, 0) is 25.2 Å². The number of pyridine rings is 2. The average molecular weight is 528 g/mol. The Bertz CT molecular complexity index is 1460. The van der Waals surface area contributed by atoms with Crippen molar-refractivity contribution in [2.24, 2.45) is 0 Å². The largest absolute Gasteiger partial charge is 0.496 e. The number of nitrogens with zero attached hydrogens (tertiary/aromatic N) is 2. The Morgan fingerprint density at radius 3 is 2.26 bits per heavy atom. The number of fused-ring (bicyclic) bond motifs is 1. The Morgan fingerprint density at radius 1 is 0.895 bits per heavy atom. The third-order valence-corrected chi connectivity index (χ3v) is 5.38. The molecule has 198 valence electrons. The predicted molar refractivity (Wildman–Crippen MR) is 133 cm³/mol. The molecule has 0 fully saturated rings. The quantitative estimate of drug-likeness (QED) is 0.225. The van der Waals surface area contributed by atoms with Gasteiger partial charge in [-0.2, -0.15) is 4.39 Å². The molecule has 2 aromatic heterocycles. The van der Waals surface area contributed by atoms with E-state index in [-0.39, 0.29) is 17.2 Å². The zero-order chi connectivity index (χ0) is 27.2. The minimum atomic E-state index is -1.11. The highest BCUT2D eigenvalue weighted by molar-refractivity contribution is 6.06. The second-order valence-electron chi connectivity index (χ2n) is 7.79. The normalized spacial score (nSPS) is 10.8. The minimum absolute atomic E-state index is 0.0912. The Balaban J connectivity index is 1.62. The summed E-state index contributed by atoms with van der Waals surface area (Å²) in [6.45, 7) is 0.992. The topological polar surface area (TPSA) is 104 Å². The Hall–Kier alpha value is -4.58. The lowest BCUT2D eigenvalue weighted by atomic mass is 10.1. The summed E-state index contributed by atoms with van der Waals surface area (Å²) >= 11 is 0. The van der Waals surface area contributed by atoms with Crippen LogP contribution >= 0.6 is 0 Å². The average Bonchev–Trinajstić information content (AvgIpc) is 2.90. The molecule has 0 aliphatic carbocycles. The van der Waals surface area contributed by atoms with Crippen LogP contribution in [0.3, 0.4) is 0 Å². The molecule has 9 nitrogen and oxygen atoms in total. The van der Waals surface area contributed by atoms with Gasteiger partial charge in [0.2, 0.25) is 5.95 Å². The fourth-order valence-corrected chi connectivity index (χ4v) is 3.58. The van der Waals surface area contributed by atoms with Crippen molar-refractivity contribution in [1.82, 2.24) is 15.3 Å². The number of carbonyl (C=O) groups excluding carboxylic acids is 1. The molecular weight excluding hydrogens is 505 g/mol. The Kier molecular flexibility index (Phi) is 8.12. The molecule has 0 aliphatic heterocycles. The summed E-state index contributed by atoms with van der Waals surface area (Å²) < 4.78 is 65.7. The number of benzene rings is 2. The van der Waals surface area contributed by atoms with Gasteiger partial charge in [0, 0.05) is 48.2 Å². The molecule has 2 aromatic carbocycles. The number of carbonyl (C=O) groups is 1. The van der Waals surface area contributed by atoms with Crippen LogP contribution in [0.2, 0.25) is 0 Å². The van der Waals surface area contributed by atoms with E-state index in [1.54, 1.807) is 19.2 Å². The maximum absolute atomic E-state index is 15.0. The molecular formula is C26H23F3N4O5. The van der Waals surface area contributed by atoms with Crippen LogP contribution in [0.4, 0.5) is 18.9 Å². The van der Waals surface area contributed by atoms with Crippen LogP contribution < -0.4 is 29.6 Å². The predicted octanol–water partition coefficient (Wildman–Crippen LogP) is 4.71. The van der Waals surface area contributed by atoms with Gasteiger partial charge in [-0.25, -0.2) is 13.8 Å². The van der Waals surface area contributed by atoms with Crippen molar-refractivity contribution in [2.45, 2.75) is 0 Å². The summed E-state index contributed by atoms with van der Waals surface area (Å²) in [4.78, 5) is 20.2. The van der Waals surface area contributed by atoms with Gasteiger partial charge in [-0.3, -0.25) is 9.78 Å². The smallest absolute Gasteiger partial charge is 0.264 e. The molecule has 12 heteroatoms. The highest BCUT2D eigenvalue weighted by atomic mass is 19.1. The fraction of sp³-hybridized carbons (Fsp3) is 0.192. The van der Waals surface area contributed by atoms with Crippen LogP contribution in [-0.2, 0) is 0 Å². The molecule has 2 N–H and O–H groups in total. The molecule has 0 aliphatic rings. The third-order valence-electron chi connectivity index (χ3n) is 5.38. The first-order valence-electron chi connectivity index (χ1n) is 11.3. The van der Waals surface area contributed by atoms with Gasteiger partial charge < -0.3 is 29.6 Å². The van der Waals surface area contributed by atoms with Crippen molar-refractivity contribution in [1.29, 1.82) is 0 Å². The molecule has 0 spiro atoms.